The van der Waals surface area contributed by atoms with E-state index in [0.717, 1.165) is 35.8 Å². The van der Waals surface area contributed by atoms with Gasteiger partial charge in [-0.1, -0.05) is 10.6 Å². The van der Waals surface area contributed by atoms with Gasteiger partial charge in [-0.2, -0.15) is 0 Å². The van der Waals surface area contributed by atoms with Gasteiger partial charge in [0.05, 0.1) is 31.9 Å². The monoisotopic (exact) mass is 440 g/mol. The summed E-state index contributed by atoms with van der Waals surface area (Å²) < 4.78 is 2.10. The van der Waals surface area contributed by atoms with Gasteiger partial charge in [-0.05, 0) is 42.8 Å². The minimum absolute atomic E-state index is 0.126. The van der Waals surface area contributed by atoms with Crippen LogP contribution in [0.4, 0.5) is 0 Å². The number of benzene rings is 3. The summed E-state index contributed by atoms with van der Waals surface area (Å²) in [6.07, 6.45) is 0. The number of fused-ring (bicyclic) bond motifs is 4. The second-order valence-corrected chi connectivity index (χ2v) is 8.98. The van der Waals surface area contributed by atoms with Crippen LogP contribution in [-0.4, -0.2) is 40.6 Å². The highest BCUT2D eigenvalue weighted by Gasteiger charge is 2.46. The quantitative estimate of drug-likeness (QED) is 0.238. The van der Waals surface area contributed by atoms with Crippen LogP contribution in [0, 0.1) is 6.92 Å². The third kappa shape index (κ3) is 2.41. The molecular weight excluding hydrogens is 426 g/mol. The molecule has 3 aliphatic heterocycles. The van der Waals surface area contributed by atoms with Crippen LogP contribution in [0.15, 0.2) is 48.5 Å². The molecule has 6 rings (SSSR count). The molecule has 4 amide bonds. The minimum Gasteiger partial charge on any atom is -0.277 e. The summed E-state index contributed by atoms with van der Waals surface area (Å²) >= 11 is 1.54. The van der Waals surface area contributed by atoms with Crippen molar-refractivity contribution in [3.05, 3.63) is 81.7 Å². The first kappa shape index (κ1) is 18.7. The van der Waals surface area contributed by atoms with Crippen molar-refractivity contribution in [3.8, 4) is 10.6 Å². The molecule has 0 fully saturated rings. The van der Waals surface area contributed by atoms with Crippen molar-refractivity contribution in [3.63, 3.8) is 0 Å². The number of aryl methyl sites for hydroxylation is 1. The summed E-state index contributed by atoms with van der Waals surface area (Å²) in [7, 11) is 1.38. The Morgan fingerprint density at radius 2 is 1.47 bits per heavy atom. The first-order chi connectivity index (χ1) is 15.3. The normalized spacial score (nSPS) is 15.3. The van der Waals surface area contributed by atoms with Crippen LogP contribution in [0.25, 0.3) is 20.8 Å². The van der Waals surface area contributed by atoms with E-state index >= 15 is 0 Å². The van der Waals surface area contributed by atoms with E-state index in [1.54, 1.807) is 18.2 Å². The largest absolute Gasteiger partial charge is 0.429 e. The number of carbonyl (C=O) groups excluding carboxylic acids is 4. The lowest BCUT2D eigenvalue weighted by Crippen LogP contribution is -2.35. The van der Waals surface area contributed by atoms with Crippen LogP contribution in [0.5, 0.6) is 0 Å². The molecule has 8 heteroatoms. The van der Waals surface area contributed by atoms with Crippen molar-refractivity contribution in [2.75, 3.05) is 7.05 Å². The highest BCUT2D eigenvalue weighted by Crippen LogP contribution is 2.31. The maximum atomic E-state index is 13.2. The summed E-state index contributed by atoms with van der Waals surface area (Å²) in [5, 5.41) is 0.420. The second-order valence-electron chi connectivity index (χ2n) is 7.90. The zero-order chi connectivity index (χ0) is 22.3. The second kappa shape index (κ2) is 6.24. The Hall–Kier alpha value is -4.04. The van der Waals surface area contributed by atoms with E-state index in [-0.39, 0.29) is 22.3 Å². The molecule has 0 atom stereocenters. The van der Waals surface area contributed by atoms with E-state index in [2.05, 4.69) is 4.98 Å². The molecule has 2 aromatic carbocycles. The molecule has 0 aromatic heterocycles. The lowest BCUT2D eigenvalue weighted by Gasteiger charge is -2.05. The van der Waals surface area contributed by atoms with Crippen LogP contribution in [-0.2, 0) is 0 Å². The summed E-state index contributed by atoms with van der Waals surface area (Å²) in [6, 6.07) is 14.0. The zero-order valence-corrected chi connectivity index (χ0v) is 17.8. The molecule has 4 aliphatic rings. The maximum absolute atomic E-state index is 13.2. The van der Waals surface area contributed by atoms with E-state index in [1.165, 1.54) is 30.5 Å². The van der Waals surface area contributed by atoms with Crippen LogP contribution in [0.2, 0.25) is 0 Å². The SMILES string of the molecule is Cc1ccc2nc3ccc(=[N+]4C(=O)c5cc6c(cc5C4=O)C(=O)N(C)C6=O)cc-3sc2c1. The predicted octanol–water partition coefficient (Wildman–Crippen LogP) is 2.70. The van der Waals surface area contributed by atoms with Gasteiger partial charge >= 0.3 is 11.8 Å². The topological polar surface area (TPSA) is 87.4 Å². The van der Waals surface area contributed by atoms with Crippen LogP contribution >= 0.6 is 11.3 Å². The Morgan fingerprint density at radius 3 is 2.12 bits per heavy atom. The van der Waals surface area contributed by atoms with Crippen molar-refractivity contribution >= 4 is 45.2 Å². The smallest absolute Gasteiger partial charge is 0.277 e. The summed E-state index contributed by atoms with van der Waals surface area (Å²) in [5.41, 5.74) is 3.31. The molecule has 2 aromatic rings. The Labute approximate surface area is 185 Å². The van der Waals surface area contributed by atoms with E-state index in [0.29, 0.717) is 5.36 Å². The van der Waals surface area contributed by atoms with E-state index in [4.69, 9.17) is 0 Å². The molecule has 0 saturated carbocycles. The number of aromatic nitrogens is 1. The number of rotatable bonds is 0. The van der Waals surface area contributed by atoms with Gasteiger partial charge in [0, 0.05) is 19.2 Å². The van der Waals surface area contributed by atoms with Crippen molar-refractivity contribution in [2.24, 2.45) is 0 Å². The van der Waals surface area contributed by atoms with Gasteiger partial charge in [-0.15, -0.1) is 11.3 Å². The molecule has 0 radical (unpaired) electrons. The van der Waals surface area contributed by atoms with Gasteiger partial charge in [0.15, 0.2) is 0 Å². The zero-order valence-electron chi connectivity index (χ0n) is 17.0. The molecule has 3 heterocycles. The Bertz CT molecular complexity index is 1580. The van der Waals surface area contributed by atoms with Crippen molar-refractivity contribution in [2.45, 2.75) is 6.92 Å². The van der Waals surface area contributed by atoms with Crippen molar-refractivity contribution in [1.29, 1.82) is 0 Å². The Balaban J connectivity index is 1.57. The highest BCUT2D eigenvalue weighted by atomic mass is 32.1. The van der Waals surface area contributed by atoms with Gasteiger partial charge < -0.3 is 0 Å². The number of nitrogens with zero attached hydrogens (tertiary/aromatic N) is 3. The molecule has 0 unspecified atom stereocenters. The van der Waals surface area contributed by atoms with E-state index in [1.807, 2.05) is 25.1 Å². The molecular formula is C24H14N3O4S+. The van der Waals surface area contributed by atoms with Crippen molar-refractivity contribution < 1.29 is 19.2 Å². The Morgan fingerprint density at radius 1 is 0.812 bits per heavy atom. The lowest BCUT2D eigenvalue weighted by molar-refractivity contribution is 0.0692. The fourth-order valence-electron chi connectivity index (χ4n) is 4.19. The molecule has 1 aliphatic carbocycles. The van der Waals surface area contributed by atoms with Gasteiger partial charge in [-0.25, -0.2) is 14.6 Å². The maximum Gasteiger partial charge on any atom is 0.429 e. The number of hydrogen-bond donors (Lipinski definition) is 0. The summed E-state index contributed by atoms with van der Waals surface area (Å²) in [6.45, 7) is 2.01. The number of hydrogen-bond acceptors (Lipinski definition) is 6. The molecule has 0 saturated heterocycles. The van der Waals surface area contributed by atoms with Gasteiger partial charge in [-0.3, -0.25) is 14.5 Å². The summed E-state index contributed by atoms with van der Waals surface area (Å²) in [5.74, 6) is -1.99. The minimum atomic E-state index is -0.517. The van der Waals surface area contributed by atoms with Crippen molar-refractivity contribution in [1.82, 2.24) is 14.5 Å². The van der Waals surface area contributed by atoms with Gasteiger partial charge in [0.2, 0.25) is 5.36 Å². The standard InChI is InChI=1S/C24H14N3O4S/c1-11-3-5-17-19(7-11)32-20-8-12(4-6-18(20)25-17)27-23(30)15-9-13-14(10-16(15)24(27)31)22(29)26(2)21(13)28/h3-10H,1-2H3/q+1. The molecule has 0 N–H and O–H groups in total. The number of imide groups is 2. The number of carbonyl (C=O) groups is 4. The first-order valence-electron chi connectivity index (χ1n) is 9.87. The van der Waals surface area contributed by atoms with Crippen LogP contribution in [0.1, 0.15) is 47.0 Å². The first-order valence-corrected chi connectivity index (χ1v) is 10.7. The Kier molecular flexibility index (Phi) is 3.65. The molecule has 0 spiro atoms. The number of amides is 4. The predicted molar refractivity (Wildman–Crippen MR) is 118 cm³/mol. The third-order valence-corrected chi connectivity index (χ3v) is 6.97. The fraction of sp³-hybridized carbons (Fsp3) is 0.0833. The molecule has 154 valence electrons. The van der Waals surface area contributed by atoms with Gasteiger partial charge in [0.1, 0.15) is 11.1 Å². The van der Waals surface area contributed by atoms with Crippen LogP contribution in [0.3, 0.4) is 0 Å². The molecule has 32 heavy (non-hydrogen) atoms. The van der Waals surface area contributed by atoms with E-state index < -0.39 is 23.6 Å². The van der Waals surface area contributed by atoms with Gasteiger partial charge in [0.25, 0.3) is 11.8 Å². The highest BCUT2D eigenvalue weighted by molar-refractivity contribution is 7.21. The third-order valence-electron chi connectivity index (χ3n) is 5.87. The average molecular weight is 440 g/mol. The average Bonchev–Trinajstić information content (AvgIpc) is 3.15. The van der Waals surface area contributed by atoms with E-state index in [9.17, 15) is 19.2 Å². The summed E-state index contributed by atoms with van der Waals surface area (Å²) in [4.78, 5) is 57.4. The lowest BCUT2D eigenvalue weighted by atomic mass is 10.0. The van der Waals surface area contributed by atoms with Crippen LogP contribution < -0.4 is 9.93 Å². The molecule has 0 bridgehead atoms. The molecule has 7 nitrogen and oxygen atoms in total. The fourth-order valence-corrected chi connectivity index (χ4v) is 5.29.